The van der Waals surface area contributed by atoms with E-state index in [2.05, 4.69) is 9.97 Å². The second-order valence-electron chi connectivity index (χ2n) is 4.06. The van der Waals surface area contributed by atoms with Crippen LogP contribution in [0.25, 0.3) is 11.5 Å². The topological polar surface area (TPSA) is 153 Å². The van der Waals surface area contributed by atoms with Crippen molar-refractivity contribution in [3.05, 3.63) is 27.7 Å². The van der Waals surface area contributed by atoms with E-state index in [1.807, 2.05) is 0 Å². The van der Waals surface area contributed by atoms with Crippen molar-refractivity contribution in [1.82, 2.24) is 19.1 Å². The molecule has 0 aliphatic carbocycles. The third-order valence-electron chi connectivity index (χ3n) is 2.86. The summed E-state index contributed by atoms with van der Waals surface area (Å²) in [6.45, 7) is 0. The molecule has 2 N–H and O–H groups in total. The number of hydrogen-bond donors (Lipinski definition) is 2. The van der Waals surface area contributed by atoms with Crippen LogP contribution in [0.1, 0.15) is 21.0 Å². The number of hydrogen-bond acceptors (Lipinski definition) is 6. The number of carboxylic acids is 2. The molecule has 0 aromatic carbocycles. The lowest BCUT2D eigenvalue weighted by Gasteiger charge is -1.99. The lowest BCUT2D eigenvalue weighted by molar-refractivity contribution is -0.396. The fourth-order valence-electron chi connectivity index (χ4n) is 1.88. The van der Waals surface area contributed by atoms with Gasteiger partial charge in [0.25, 0.3) is 0 Å². The average Bonchev–Trinajstić information content (AvgIpc) is 2.89. The van der Waals surface area contributed by atoms with E-state index >= 15 is 0 Å². The van der Waals surface area contributed by atoms with Crippen molar-refractivity contribution in [1.29, 1.82) is 0 Å². The Kier molecular flexibility index (Phi) is 3.17. The van der Waals surface area contributed by atoms with Crippen molar-refractivity contribution in [2.75, 3.05) is 0 Å². The van der Waals surface area contributed by atoms with Crippen LogP contribution in [0.2, 0.25) is 0 Å². The Morgan fingerprint density at radius 1 is 1.24 bits per heavy atom. The summed E-state index contributed by atoms with van der Waals surface area (Å²) in [4.78, 5) is 39.7. The normalized spacial score (nSPS) is 10.6. The van der Waals surface area contributed by atoms with Gasteiger partial charge in [-0.2, -0.15) is 0 Å². The molecule has 0 spiro atoms. The van der Waals surface area contributed by atoms with Crippen molar-refractivity contribution < 1.29 is 24.7 Å². The zero-order valence-corrected chi connectivity index (χ0v) is 10.8. The highest BCUT2D eigenvalue weighted by molar-refractivity contribution is 5.93. The summed E-state index contributed by atoms with van der Waals surface area (Å²) in [6, 6.07) is 0. The van der Waals surface area contributed by atoms with Gasteiger partial charge in [-0.05, 0) is 4.92 Å². The molecular formula is C10H9N5O6. The first kappa shape index (κ1) is 14.2. The van der Waals surface area contributed by atoms with E-state index in [4.69, 9.17) is 5.11 Å². The zero-order chi connectivity index (χ0) is 15.9. The van der Waals surface area contributed by atoms with Gasteiger partial charge in [-0.25, -0.2) is 19.1 Å². The highest BCUT2D eigenvalue weighted by atomic mass is 16.6. The van der Waals surface area contributed by atoms with Gasteiger partial charge in [-0.1, -0.05) is 4.98 Å². The predicted octanol–water partition coefficient (Wildman–Crippen LogP) is 0.125. The van der Waals surface area contributed by atoms with Crippen molar-refractivity contribution in [3.63, 3.8) is 0 Å². The maximum atomic E-state index is 11.3. The van der Waals surface area contributed by atoms with E-state index < -0.39 is 28.5 Å². The number of nitro groups is 1. The highest BCUT2D eigenvalue weighted by Gasteiger charge is 2.33. The Morgan fingerprint density at radius 2 is 1.86 bits per heavy atom. The molecule has 110 valence electrons. The SMILES string of the molecule is Cn1c(C(=O)O)cnc1-c1nc([N+](=O)[O-])n(C)c1C(=O)O. The first-order chi connectivity index (χ1) is 9.75. The molecule has 0 atom stereocenters. The first-order valence-electron chi connectivity index (χ1n) is 5.45. The third-order valence-corrected chi connectivity index (χ3v) is 2.86. The molecule has 0 aliphatic rings. The molecule has 2 aromatic heterocycles. The fourth-order valence-corrected chi connectivity index (χ4v) is 1.88. The molecule has 0 saturated heterocycles. The van der Waals surface area contributed by atoms with Crippen LogP contribution >= 0.6 is 0 Å². The second kappa shape index (κ2) is 4.70. The van der Waals surface area contributed by atoms with Crippen LogP contribution in [0.3, 0.4) is 0 Å². The monoisotopic (exact) mass is 295 g/mol. The molecule has 0 bridgehead atoms. The summed E-state index contributed by atoms with van der Waals surface area (Å²) in [5.74, 6) is -3.47. The van der Waals surface area contributed by atoms with Gasteiger partial charge in [-0.3, -0.25) is 0 Å². The smallest absolute Gasteiger partial charge is 0.435 e. The summed E-state index contributed by atoms with van der Waals surface area (Å²) >= 11 is 0. The Bertz CT molecular complexity index is 773. The van der Waals surface area contributed by atoms with Gasteiger partial charge >= 0.3 is 17.9 Å². The maximum Gasteiger partial charge on any atom is 0.435 e. The van der Waals surface area contributed by atoms with Crippen LogP contribution < -0.4 is 0 Å². The van der Waals surface area contributed by atoms with Gasteiger partial charge in [-0.15, -0.1) is 0 Å². The van der Waals surface area contributed by atoms with Gasteiger partial charge in [0.05, 0.1) is 13.2 Å². The van der Waals surface area contributed by atoms with Crippen LogP contribution in [0.5, 0.6) is 0 Å². The minimum atomic E-state index is -1.44. The molecule has 0 saturated carbocycles. The van der Waals surface area contributed by atoms with E-state index in [-0.39, 0.29) is 17.2 Å². The Hall–Kier alpha value is -3.24. The number of aromatic nitrogens is 4. The van der Waals surface area contributed by atoms with E-state index in [0.717, 1.165) is 15.3 Å². The van der Waals surface area contributed by atoms with Gasteiger partial charge in [0, 0.05) is 7.05 Å². The molecule has 2 heterocycles. The lowest BCUT2D eigenvalue weighted by Crippen LogP contribution is -2.10. The first-order valence-corrected chi connectivity index (χ1v) is 5.45. The van der Waals surface area contributed by atoms with Gasteiger partial charge in [0.1, 0.15) is 5.69 Å². The lowest BCUT2D eigenvalue weighted by atomic mass is 10.3. The predicted molar refractivity (Wildman–Crippen MR) is 66.0 cm³/mol. The van der Waals surface area contributed by atoms with Crippen LogP contribution in [0.15, 0.2) is 6.20 Å². The van der Waals surface area contributed by atoms with Gasteiger partial charge in [0.2, 0.25) is 11.4 Å². The number of nitrogens with zero attached hydrogens (tertiary/aromatic N) is 5. The number of imidazole rings is 2. The van der Waals surface area contributed by atoms with Crippen LogP contribution in [-0.2, 0) is 14.1 Å². The fraction of sp³-hybridized carbons (Fsp3) is 0.200. The summed E-state index contributed by atoms with van der Waals surface area (Å²) in [6.07, 6.45) is 1.02. The second-order valence-corrected chi connectivity index (χ2v) is 4.06. The standard InChI is InChI=1S/C10H9N5O6/c1-13-4(8(16)17)3-11-7(13)5-6(9(18)19)14(2)10(12-5)15(20)21/h3H,1-2H3,(H,16,17)(H,18,19). The van der Waals surface area contributed by atoms with Gasteiger partial charge < -0.3 is 24.9 Å². The molecule has 0 unspecified atom stereocenters. The van der Waals surface area contributed by atoms with E-state index in [0.29, 0.717) is 0 Å². The summed E-state index contributed by atoms with van der Waals surface area (Å²) in [5, 5.41) is 29.0. The van der Waals surface area contributed by atoms with Crippen molar-refractivity contribution in [3.8, 4) is 11.5 Å². The molecule has 0 radical (unpaired) electrons. The quantitative estimate of drug-likeness (QED) is 0.595. The van der Waals surface area contributed by atoms with Crippen molar-refractivity contribution in [2.24, 2.45) is 14.1 Å². The summed E-state index contributed by atoms with van der Waals surface area (Å²) in [5.41, 5.74) is -0.923. The third kappa shape index (κ3) is 2.09. The van der Waals surface area contributed by atoms with E-state index in [9.17, 15) is 24.8 Å². The number of carboxylic acid groups (broad SMARTS) is 2. The molecule has 21 heavy (non-hydrogen) atoms. The molecule has 11 heteroatoms. The minimum Gasteiger partial charge on any atom is -0.477 e. The van der Waals surface area contributed by atoms with E-state index in [1.54, 1.807) is 0 Å². The molecule has 0 amide bonds. The van der Waals surface area contributed by atoms with Crippen molar-refractivity contribution in [2.45, 2.75) is 0 Å². The molecule has 2 aromatic rings. The molecule has 11 nitrogen and oxygen atoms in total. The maximum absolute atomic E-state index is 11.3. The largest absolute Gasteiger partial charge is 0.477 e. The van der Waals surface area contributed by atoms with Gasteiger partial charge in [0.15, 0.2) is 5.82 Å². The molecule has 0 fully saturated rings. The number of aromatic carboxylic acids is 2. The molecular weight excluding hydrogens is 286 g/mol. The summed E-state index contributed by atoms with van der Waals surface area (Å²) in [7, 11) is 2.52. The van der Waals surface area contributed by atoms with E-state index in [1.165, 1.54) is 14.1 Å². The molecule has 2 rings (SSSR count). The number of carbonyl (C=O) groups is 2. The Balaban J connectivity index is 2.75. The highest BCUT2D eigenvalue weighted by Crippen LogP contribution is 2.26. The summed E-state index contributed by atoms with van der Waals surface area (Å²) < 4.78 is 1.90. The average molecular weight is 295 g/mol. The Labute approximate surface area is 116 Å². The minimum absolute atomic E-state index is 0.0894. The Morgan fingerprint density at radius 3 is 2.29 bits per heavy atom. The molecule has 0 aliphatic heterocycles. The van der Waals surface area contributed by atoms with Crippen LogP contribution in [-0.4, -0.2) is 46.2 Å². The van der Waals surface area contributed by atoms with Crippen LogP contribution in [0, 0.1) is 10.1 Å². The van der Waals surface area contributed by atoms with Crippen molar-refractivity contribution >= 4 is 17.9 Å². The van der Waals surface area contributed by atoms with Crippen LogP contribution in [0.4, 0.5) is 5.95 Å². The zero-order valence-electron chi connectivity index (χ0n) is 10.8. The number of rotatable bonds is 4.